The van der Waals surface area contributed by atoms with Crippen molar-refractivity contribution in [1.29, 1.82) is 0 Å². The van der Waals surface area contributed by atoms with E-state index in [1.54, 1.807) is 0 Å². The maximum Gasteiger partial charge on any atom is 0.638 e. The van der Waals surface area contributed by atoms with Gasteiger partial charge < -0.3 is 0 Å². The Balaban J connectivity index is 6.68. The van der Waals surface area contributed by atoms with Crippen molar-refractivity contribution in [2.45, 2.75) is 30.1 Å². The Bertz CT molecular complexity index is 848. The highest BCUT2D eigenvalue weighted by Crippen LogP contribution is 2.30. The van der Waals surface area contributed by atoms with Crippen LogP contribution in [0.1, 0.15) is 0 Å². The molecule has 0 N–H and O–H groups in total. The molecule has 37 heavy (non-hydrogen) atoms. The van der Waals surface area contributed by atoms with Crippen LogP contribution in [0.3, 0.4) is 0 Å². The maximum absolute atomic E-state index is 14.0. The van der Waals surface area contributed by atoms with Crippen LogP contribution < -0.4 is 0 Å². The average Bonchev–Trinajstić information content (AvgIpc) is 2.76. The zero-order chi connectivity index (χ0) is 29.6. The van der Waals surface area contributed by atoms with Crippen LogP contribution in [0.25, 0.3) is 0 Å². The summed E-state index contributed by atoms with van der Waals surface area (Å²) in [5, 5.41) is 63.1. The quantitative estimate of drug-likeness (QED) is 0.0674. The van der Waals surface area contributed by atoms with Crippen molar-refractivity contribution in [1.82, 2.24) is 0 Å². The molecule has 0 aliphatic carbocycles. The fourth-order valence-electron chi connectivity index (χ4n) is 1.41. The Morgan fingerprint density at radius 3 is 0.838 bits per heavy atom. The number of nitrogens with zero attached hydrogens (tertiary/aromatic N) is 6. The lowest BCUT2D eigenvalue weighted by Crippen LogP contribution is -2.56. The van der Waals surface area contributed by atoms with Gasteiger partial charge in [0, 0.05) is 0 Å². The Morgan fingerprint density at radius 2 is 0.649 bits per heavy atom. The maximum atomic E-state index is 14.0. The molecule has 0 aliphatic heterocycles. The molecule has 0 saturated heterocycles. The molecule has 0 fully saturated rings. The molecule has 0 spiro atoms. The van der Waals surface area contributed by atoms with Gasteiger partial charge in [0.2, 0.25) is 13.2 Å². The minimum absolute atomic E-state index is 2.44. The number of alkyl halides is 6. The SMILES string of the molecule is O=[N+]([O-])C(F)(F)COC(OCC(F)(F)[N+](=O)[O-])(OCC(F)([N+](=O)[O-])[N+](=O)[O-])OCC(F)([N+](=O)[O-])[N+](=O)[O-]. The van der Waals surface area contributed by atoms with Crippen LogP contribution in [0.15, 0.2) is 0 Å². The molecule has 28 heteroatoms. The largest absolute Gasteiger partial charge is 0.638 e. The van der Waals surface area contributed by atoms with Gasteiger partial charge in [-0.05, 0) is 0 Å². The van der Waals surface area contributed by atoms with E-state index in [9.17, 15) is 87.0 Å². The molecule has 22 nitrogen and oxygen atoms in total. The first-order valence-corrected chi connectivity index (χ1v) is 8.05. The third-order valence-electron chi connectivity index (χ3n) is 3.36. The molecule has 212 valence electrons. The summed E-state index contributed by atoms with van der Waals surface area (Å²) in [4.78, 5) is 48.3. The number of hydrogen-bond donors (Lipinski definition) is 0. The molecule has 0 heterocycles. The Morgan fingerprint density at radius 1 is 0.432 bits per heavy atom. The molecule has 0 amide bonds. The summed E-state index contributed by atoms with van der Waals surface area (Å²) in [6, 6.07) is -10.8. The van der Waals surface area contributed by atoms with Crippen LogP contribution in [0.2, 0.25) is 0 Å². The van der Waals surface area contributed by atoms with Gasteiger partial charge in [-0.2, -0.15) is 0 Å². The van der Waals surface area contributed by atoms with E-state index in [1.807, 2.05) is 0 Å². The molecule has 0 unspecified atom stereocenters. The lowest BCUT2D eigenvalue weighted by Gasteiger charge is -2.31. The second kappa shape index (κ2) is 11.3. The molecule has 0 saturated carbocycles. The third kappa shape index (κ3) is 7.91. The smallest absolute Gasteiger partial charge is 0.289 e. The normalized spacial score (nSPS) is 13.1. The number of ether oxygens (including phenoxy) is 4. The van der Waals surface area contributed by atoms with Crippen molar-refractivity contribution < 1.29 is 74.8 Å². The van der Waals surface area contributed by atoms with Crippen LogP contribution in [-0.2, 0) is 18.9 Å². The van der Waals surface area contributed by atoms with Gasteiger partial charge in [0.25, 0.3) is 0 Å². The lowest BCUT2D eigenvalue weighted by molar-refractivity contribution is -0.840. The molecular weight excluding hydrogens is 562 g/mol. The van der Waals surface area contributed by atoms with E-state index in [1.165, 1.54) is 0 Å². The summed E-state index contributed by atoms with van der Waals surface area (Å²) in [7, 11) is 0. The van der Waals surface area contributed by atoms with E-state index in [0.29, 0.717) is 0 Å². The minimum Gasteiger partial charge on any atom is -0.289 e. The standard InChI is InChI=1S/C9H8F6N6O16/c10-5(11,16(22)23)1-34-9(35-2-6(12,13)17(24)25,36-3-7(14,18(26)27)19(28)29)37-4-8(15,20(30)31)21(32)33/h1-4H2. The van der Waals surface area contributed by atoms with Crippen molar-refractivity contribution in [3.63, 3.8) is 0 Å². The topological polar surface area (TPSA) is 296 Å². The highest BCUT2D eigenvalue weighted by atomic mass is 19.3. The monoisotopic (exact) mass is 570 g/mol. The van der Waals surface area contributed by atoms with Gasteiger partial charge in [-0.15, -0.1) is 17.6 Å². The molecule has 0 bridgehead atoms. The van der Waals surface area contributed by atoms with Crippen LogP contribution in [-0.4, -0.2) is 86.1 Å². The molecule has 0 atom stereocenters. The summed E-state index contributed by atoms with van der Waals surface area (Å²) < 4.78 is 96.2. The summed E-state index contributed by atoms with van der Waals surface area (Å²) >= 11 is 0. The minimum atomic E-state index is -5.38. The third-order valence-corrected chi connectivity index (χ3v) is 3.36. The summed E-state index contributed by atoms with van der Waals surface area (Å²) in [6.45, 7) is -11.5. The summed E-state index contributed by atoms with van der Waals surface area (Å²) in [5.41, 5.74) is 0. The van der Waals surface area contributed by atoms with Gasteiger partial charge in [0.1, 0.15) is 19.7 Å². The predicted molar refractivity (Wildman–Crippen MR) is 86.1 cm³/mol. The van der Waals surface area contributed by atoms with Gasteiger partial charge in [-0.25, -0.2) is 0 Å². The first kappa shape index (κ1) is 32.8. The lowest BCUT2D eigenvalue weighted by atomic mass is 10.5. The Hall–Kier alpha value is -4.18. The average molecular weight is 570 g/mol. The Kier molecular flexibility index (Phi) is 9.98. The molecule has 0 aromatic carbocycles. The molecule has 0 radical (unpaired) electrons. The molecule has 0 aromatic rings. The van der Waals surface area contributed by atoms with E-state index in [-0.39, 0.29) is 0 Å². The molecule has 0 aliphatic rings. The van der Waals surface area contributed by atoms with Crippen molar-refractivity contribution in [3.05, 3.63) is 60.7 Å². The van der Waals surface area contributed by atoms with Gasteiger partial charge in [0.15, 0.2) is 13.2 Å². The fourth-order valence-corrected chi connectivity index (χ4v) is 1.41. The highest BCUT2D eigenvalue weighted by molar-refractivity contribution is 4.60. The van der Waals surface area contributed by atoms with E-state index in [4.69, 9.17) is 0 Å². The second-order valence-corrected chi connectivity index (χ2v) is 5.97. The summed E-state index contributed by atoms with van der Waals surface area (Å²) in [6.07, 6.45) is -4.83. The molecule has 0 rings (SSSR count). The van der Waals surface area contributed by atoms with E-state index >= 15 is 0 Å². The van der Waals surface area contributed by atoms with Gasteiger partial charge in [0.05, 0.1) is 9.85 Å². The van der Waals surface area contributed by atoms with Crippen molar-refractivity contribution in [2.24, 2.45) is 0 Å². The zero-order valence-corrected chi connectivity index (χ0v) is 16.8. The molecular formula is C9H8F6N6O16. The number of rotatable bonds is 18. The van der Waals surface area contributed by atoms with Crippen LogP contribution >= 0.6 is 0 Å². The number of nitro groups is 6. The first-order chi connectivity index (χ1) is 16.5. The van der Waals surface area contributed by atoms with Gasteiger partial charge in [-0.1, -0.05) is 8.78 Å². The molecule has 0 aromatic heterocycles. The first-order valence-electron chi connectivity index (χ1n) is 8.05. The van der Waals surface area contributed by atoms with Crippen molar-refractivity contribution in [2.75, 3.05) is 26.4 Å². The zero-order valence-electron chi connectivity index (χ0n) is 16.8. The fraction of sp³-hybridized carbons (Fsp3) is 1.00. The second-order valence-electron chi connectivity index (χ2n) is 5.97. The van der Waals surface area contributed by atoms with Crippen LogP contribution in [0.5, 0.6) is 0 Å². The van der Waals surface area contributed by atoms with Crippen molar-refractivity contribution >= 4 is 0 Å². The number of halogens is 6. The van der Waals surface area contributed by atoms with Crippen LogP contribution in [0.4, 0.5) is 26.3 Å². The van der Waals surface area contributed by atoms with E-state index < -0.39 is 86.1 Å². The van der Waals surface area contributed by atoms with Gasteiger partial charge in [-0.3, -0.25) is 79.6 Å². The van der Waals surface area contributed by atoms with E-state index in [2.05, 4.69) is 18.9 Å². The number of hydrogen-bond acceptors (Lipinski definition) is 16. The van der Waals surface area contributed by atoms with Crippen LogP contribution in [0, 0.1) is 60.7 Å². The Labute approximate surface area is 193 Å². The highest BCUT2D eigenvalue weighted by Gasteiger charge is 2.65. The van der Waals surface area contributed by atoms with E-state index in [0.717, 1.165) is 0 Å². The summed E-state index contributed by atoms with van der Waals surface area (Å²) in [5.74, 6) is -10.2. The predicted octanol–water partition coefficient (Wildman–Crippen LogP) is -0.244. The van der Waals surface area contributed by atoms with Gasteiger partial charge >= 0.3 is 30.1 Å². The van der Waals surface area contributed by atoms with Crippen molar-refractivity contribution in [3.8, 4) is 0 Å².